The fourth-order valence-electron chi connectivity index (χ4n) is 10.8. The van der Waals surface area contributed by atoms with Crippen LogP contribution in [0.3, 0.4) is 0 Å². The molecule has 3 saturated carbocycles. The van der Waals surface area contributed by atoms with E-state index in [9.17, 15) is 30.6 Å². The number of methoxy groups -OCH3 is 2. The molecule has 5 aliphatic rings. The first kappa shape index (κ1) is 35.6. The van der Waals surface area contributed by atoms with Crippen molar-refractivity contribution in [1.29, 1.82) is 0 Å². The summed E-state index contributed by atoms with van der Waals surface area (Å²) in [5.74, 6) is -0.246. The molecular formula is C35H60O10. The molecule has 5 unspecified atom stereocenters. The van der Waals surface area contributed by atoms with Crippen molar-refractivity contribution < 1.29 is 49.6 Å². The molecule has 0 aromatic rings. The molecule has 17 atom stereocenters. The van der Waals surface area contributed by atoms with Crippen LogP contribution in [0.5, 0.6) is 0 Å². The number of hydrogen-bond donors (Lipinski definition) is 6. The van der Waals surface area contributed by atoms with E-state index in [4.69, 9.17) is 18.9 Å². The van der Waals surface area contributed by atoms with E-state index in [1.807, 2.05) is 6.08 Å². The minimum Gasteiger partial charge on any atom is -0.396 e. The van der Waals surface area contributed by atoms with Crippen molar-refractivity contribution in [3.8, 4) is 0 Å². The molecular weight excluding hydrogens is 580 g/mol. The van der Waals surface area contributed by atoms with E-state index in [1.165, 1.54) is 14.2 Å². The molecule has 45 heavy (non-hydrogen) atoms. The second kappa shape index (κ2) is 13.3. The second-order valence-electron chi connectivity index (χ2n) is 15.9. The lowest BCUT2D eigenvalue weighted by atomic mass is 9.43. The van der Waals surface area contributed by atoms with Gasteiger partial charge in [-0.1, -0.05) is 53.5 Å². The number of rotatable bonds is 10. The van der Waals surface area contributed by atoms with Crippen LogP contribution in [0, 0.1) is 46.3 Å². The molecule has 1 saturated heterocycles. The van der Waals surface area contributed by atoms with E-state index < -0.39 is 65.3 Å². The molecule has 0 bridgehead atoms. The maximum atomic E-state index is 12.7. The Morgan fingerprint density at radius 3 is 2.27 bits per heavy atom. The quantitative estimate of drug-likeness (QED) is 0.196. The van der Waals surface area contributed by atoms with E-state index in [0.29, 0.717) is 18.8 Å². The van der Waals surface area contributed by atoms with Gasteiger partial charge in [0, 0.05) is 33.2 Å². The molecule has 4 fully saturated rings. The summed E-state index contributed by atoms with van der Waals surface area (Å²) >= 11 is 0. The Morgan fingerprint density at radius 2 is 1.62 bits per heavy atom. The summed E-state index contributed by atoms with van der Waals surface area (Å²) in [5.41, 5.74) is -1.47. The van der Waals surface area contributed by atoms with Gasteiger partial charge in [0.1, 0.15) is 18.3 Å². The van der Waals surface area contributed by atoms with Gasteiger partial charge in [-0.2, -0.15) is 0 Å². The molecule has 1 heterocycles. The van der Waals surface area contributed by atoms with Crippen molar-refractivity contribution in [2.24, 2.45) is 46.3 Å². The van der Waals surface area contributed by atoms with Crippen molar-refractivity contribution in [1.82, 2.24) is 0 Å². The summed E-state index contributed by atoms with van der Waals surface area (Å²) in [6.45, 7) is 10.8. The van der Waals surface area contributed by atoms with Gasteiger partial charge in [0.15, 0.2) is 6.29 Å². The van der Waals surface area contributed by atoms with Crippen molar-refractivity contribution in [3.05, 3.63) is 11.6 Å². The van der Waals surface area contributed by atoms with Gasteiger partial charge in [0.2, 0.25) is 0 Å². The second-order valence-corrected chi connectivity index (χ2v) is 15.9. The van der Waals surface area contributed by atoms with Crippen molar-refractivity contribution in [2.75, 3.05) is 27.4 Å². The number of fused-ring (bicyclic) bond motifs is 5. The zero-order valence-corrected chi connectivity index (χ0v) is 28.3. The minimum atomic E-state index is -1.34. The van der Waals surface area contributed by atoms with Crippen LogP contribution < -0.4 is 0 Å². The highest BCUT2D eigenvalue weighted by atomic mass is 16.7. The Hall–Kier alpha value is -0.660. The third kappa shape index (κ3) is 5.87. The van der Waals surface area contributed by atoms with E-state index in [-0.39, 0.29) is 49.4 Å². The molecule has 6 N–H and O–H groups in total. The van der Waals surface area contributed by atoms with E-state index >= 15 is 0 Å². The van der Waals surface area contributed by atoms with Crippen LogP contribution in [0.1, 0.15) is 79.6 Å². The summed E-state index contributed by atoms with van der Waals surface area (Å²) in [4.78, 5) is 0. The fourth-order valence-corrected chi connectivity index (χ4v) is 10.8. The van der Waals surface area contributed by atoms with Crippen molar-refractivity contribution in [3.63, 3.8) is 0 Å². The zero-order chi connectivity index (χ0) is 33.1. The zero-order valence-electron chi connectivity index (χ0n) is 28.3. The average Bonchev–Trinajstić information content (AvgIpc) is 3.21. The normalized spacial score (nSPS) is 50.2. The number of hydrogen-bond acceptors (Lipinski definition) is 10. The molecule has 0 amide bonds. The van der Waals surface area contributed by atoms with E-state index in [0.717, 1.165) is 31.3 Å². The molecule has 10 heteroatoms. The van der Waals surface area contributed by atoms with E-state index in [2.05, 4.69) is 34.6 Å². The minimum absolute atomic E-state index is 0.0660. The summed E-state index contributed by atoms with van der Waals surface area (Å²) in [5, 5.41) is 67.5. The monoisotopic (exact) mass is 640 g/mol. The highest BCUT2D eigenvalue weighted by molar-refractivity contribution is 5.33. The molecule has 0 radical (unpaired) electrons. The van der Waals surface area contributed by atoms with Gasteiger partial charge in [-0.25, -0.2) is 0 Å². The van der Waals surface area contributed by atoms with Crippen LogP contribution in [0.4, 0.5) is 0 Å². The third-order valence-corrected chi connectivity index (χ3v) is 13.5. The first-order chi connectivity index (χ1) is 21.2. The highest BCUT2D eigenvalue weighted by Crippen LogP contribution is 2.69. The highest BCUT2D eigenvalue weighted by Gasteiger charge is 2.72. The maximum Gasteiger partial charge on any atom is 0.187 e. The number of aliphatic hydroxyl groups excluding tert-OH is 5. The van der Waals surface area contributed by atoms with Gasteiger partial charge in [-0.3, -0.25) is 0 Å². The largest absolute Gasteiger partial charge is 0.396 e. The molecule has 260 valence electrons. The predicted molar refractivity (Wildman–Crippen MR) is 167 cm³/mol. The first-order valence-electron chi connectivity index (χ1n) is 17.3. The Bertz CT molecular complexity index is 1060. The van der Waals surface area contributed by atoms with Crippen LogP contribution in [0.2, 0.25) is 0 Å². The average molecular weight is 641 g/mol. The van der Waals surface area contributed by atoms with Crippen LogP contribution in [0.15, 0.2) is 11.6 Å². The molecule has 4 aliphatic carbocycles. The lowest BCUT2D eigenvalue weighted by Crippen LogP contribution is -2.66. The molecule has 0 spiro atoms. The smallest absolute Gasteiger partial charge is 0.187 e. The molecule has 0 aromatic carbocycles. The molecule has 5 rings (SSSR count). The summed E-state index contributed by atoms with van der Waals surface area (Å²) < 4.78 is 23.2. The van der Waals surface area contributed by atoms with E-state index in [1.54, 1.807) is 0 Å². The summed E-state index contributed by atoms with van der Waals surface area (Å²) in [6, 6.07) is 0. The van der Waals surface area contributed by atoms with Crippen LogP contribution in [-0.2, 0) is 18.9 Å². The first-order valence-corrected chi connectivity index (χ1v) is 17.3. The van der Waals surface area contributed by atoms with Gasteiger partial charge in [0.05, 0.1) is 36.6 Å². The standard InChI is InChI=1S/C35H60O10/c1-18(20(3)16-36)8-9-19(2)26-27(39)28(40)31-34(26,5)13-11-25-33(4)12-10-21(14-22(33)23(37)15-35(25,31)41)45-32-30(43-7)29(42-6)24(38)17-44-32/h14,18-21,23-32,36-41H,8-13,15-17H2,1-7H3/t18-,19-,20?,21+,23-,24-,25?,26-,27-,28+,29?,30?,31?,32+,33+,34-,35+/m1/s1. The number of ether oxygens (including phenoxy) is 4. The Kier molecular flexibility index (Phi) is 10.6. The van der Waals surface area contributed by atoms with Gasteiger partial charge in [-0.15, -0.1) is 0 Å². The van der Waals surface area contributed by atoms with Crippen molar-refractivity contribution in [2.45, 2.75) is 134 Å². The molecule has 10 nitrogen and oxygen atoms in total. The van der Waals surface area contributed by atoms with Gasteiger partial charge in [-0.05, 0) is 71.7 Å². The third-order valence-electron chi connectivity index (χ3n) is 13.5. The van der Waals surface area contributed by atoms with Gasteiger partial charge < -0.3 is 49.6 Å². The lowest BCUT2D eigenvalue weighted by Gasteiger charge is -2.64. The van der Waals surface area contributed by atoms with Crippen LogP contribution in [0.25, 0.3) is 0 Å². The van der Waals surface area contributed by atoms with Gasteiger partial charge >= 0.3 is 0 Å². The Balaban J connectivity index is 1.36. The maximum absolute atomic E-state index is 12.7. The van der Waals surface area contributed by atoms with Crippen LogP contribution >= 0.6 is 0 Å². The van der Waals surface area contributed by atoms with Crippen molar-refractivity contribution >= 4 is 0 Å². The Morgan fingerprint density at radius 1 is 0.933 bits per heavy atom. The predicted octanol–water partition coefficient (Wildman–Crippen LogP) is 2.41. The topological polar surface area (TPSA) is 158 Å². The summed E-state index contributed by atoms with van der Waals surface area (Å²) in [6.07, 6.45) is 0.645. The number of aliphatic hydroxyl groups is 6. The van der Waals surface area contributed by atoms with Gasteiger partial charge in [0.25, 0.3) is 0 Å². The fraction of sp³-hybridized carbons (Fsp3) is 0.943. The SMILES string of the molecule is COC1C(OC)[C@H](O)CO[C@H]1O[C@@H]1C=C2[C@H](O)C[C@]3(O)C(CC[C@@]4(C)C3[C@@H](O)[C@H](O)[C@H]4[C@H](C)CC[C@@H](C)C(C)CO)[C@@]2(C)CC1. The van der Waals surface area contributed by atoms with Crippen LogP contribution in [-0.4, -0.2) is 113 Å². The molecule has 1 aliphatic heterocycles. The summed E-state index contributed by atoms with van der Waals surface area (Å²) in [7, 11) is 3.06. The molecule has 0 aromatic heterocycles. The lowest BCUT2D eigenvalue weighted by molar-refractivity contribution is -0.289. The Labute approximate surface area is 269 Å².